The maximum atomic E-state index is 12.1. The van der Waals surface area contributed by atoms with Gasteiger partial charge < -0.3 is 11.1 Å². The van der Waals surface area contributed by atoms with Crippen LogP contribution in [0.25, 0.3) is 0 Å². The van der Waals surface area contributed by atoms with Gasteiger partial charge in [0.1, 0.15) is 5.82 Å². The third-order valence-electron chi connectivity index (χ3n) is 3.08. The fourth-order valence-corrected chi connectivity index (χ4v) is 2.02. The Bertz CT molecular complexity index is 632. The van der Waals surface area contributed by atoms with Crippen molar-refractivity contribution in [3.63, 3.8) is 0 Å². The summed E-state index contributed by atoms with van der Waals surface area (Å²) in [5.74, 6) is 0.212. The third-order valence-corrected chi connectivity index (χ3v) is 3.08. The van der Waals surface area contributed by atoms with Crippen LogP contribution in [0.2, 0.25) is 0 Å². The summed E-state index contributed by atoms with van der Waals surface area (Å²) < 4.78 is 1.73. The number of carbonyl (C=O) groups is 1. The second-order valence-electron chi connectivity index (χ2n) is 4.72. The number of pyridine rings is 1. The number of nitrogen functional groups attached to an aromatic ring is 1. The van der Waals surface area contributed by atoms with Gasteiger partial charge in [-0.25, -0.2) is 4.98 Å². The normalized spacial score (nSPS) is 10.6. The summed E-state index contributed by atoms with van der Waals surface area (Å²) in [6.45, 7) is 4.34. The molecule has 0 saturated carbocycles. The minimum Gasteiger partial charge on any atom is -0.384 e. The Balaban J connectivity index is 2.08. The first kappa shape index (κ1) is 14.0. The zero-order valence-electron chi connectivity index (χ0n) is 12.0. The van der Waals surface area contributed by atoms with Gasteiger partial charge in [-0.2, -0.15) is 5.10 Å². The molecule has 0 unspecified atom stereocenters. The Labute approximate surface area is 118 Å². The predicted octanol–water partition coefficient (Wildman–Crippen LogP) is 1.20. The predicted molar refractivity (Wildman–Crippen MR) is 77.1 cm³/mol. The highest BCUT2D eigenvalue weighted by Crippen LogP contribution is 2.09. The highest BCUT2D eigenvalue weighted by Gasteiger charge is 2.10. The molecule has 2 aromatic heterocycles. The second kappa shape index (κ2) is 5.73. The first-order valence-corrected chi connectivity index (χ1v) is 6.53. The molecule has 0 radical (unpaired) electrons. The molecule has 0 saturated heterocycles. The van der Waals surface area contributed by atoms with Crippen LogP contribution in [0, 0.1) is 6.92 Å². The van der Waals surface area contributed by atoms with Gasteiger partial charge in [0.25, 0.3) is 5.91 Å². The van der Waals surface area contributed by atoms with Gasteiger partial charge in [0.2, 0.25) is 0 Å². The molecule has 3 N–H and O–H groups in total. The minimum atomic E-state index is -0.156. The molecule has 6 nitrogen and oxygen atoms in total. The van der Waals surface area contributed by atoms with Gasteiger partial charge in [-0.05, 0) is 25.5 Å². The maximum Gasteiger partial charge on any atom is 0.251 e. The molecule has 106 valence electrons. The number of aromatic nitrogens is 3. The lowest BCUT2D eigenvalue weighted by atomic mass is 10.1. The summed E-state index contributed by atoms with van der Waals surface area (Å²) in [7, 11) is 1.86. The van der Waals surface area contributed by atoms with Gasteiger partial charge >= 0.3 is 0 Å². The average molecular weight is 273 g/mol. The summed E-state index contributed by atoms with van der Waals surface area (Å²) >= 11 is 0. The Morgan fingerprint density at radius 3 is 2.80 bits per heavy atom. The van der Waals surface area contributed by atoms with Crippen molar-refractivity contribution in [2.75, 3.05) is 5.73 Å². The van der Waals surface area contributed by atoms with E-state index in [0.29, 0.717) is 17.9 Å². The number of amides is 1. The topological polar surface area (TPSA) is 85.8 Å². The quantitative estimate of drug-likeness (QED) is 0.876. The SMILES string of the molecule is CCc1cc(C(=O)NCc2cn(C)nc2C)cc(N)n1. The number of carbonyl (C=O) groups excluding carboxylic acids is 1. The molecule has 20 heavy (non-hydrogen) atoms. The van der Waals surface area contributed by atoms with E-state index in [1.807, 2.05) is 27.1 Å². The van der Waals surface area contributed by atoms with Crippen molar-refractivity contribution in [2.45, 2.75) is 26.8 Å². The second-order valence-corrected chi connectivity index (χ2v) is 4.72. The number of rotatable bonds is 4. The van der Waals surface area contributed by atoms with E-state index < -0.39 is 0 Å². The Morgan fingerprint density at radius 1 is 1.45 bits per heavy atom. The van der Waals surface area contributed by atoms with E-state index in [1.54, 1.807) is 16.8 Å². The Morgan fingerprint density at radius 2 is 2.20 bits per heavy atom. The number of hydrogen-bond donors (Lipinski definition) is 2. The average Bonchev–Trinajstić information content (AvgIpc) is 2.73. The number of nitrogens with two attached hydrogens (primary N) is 1. The lowest BCUT2D eigenvalue weighted by molar-refractivity contribution is 0.0950. The van der Waals surface area contributed by atoms with Gasteiger partial charge in [0.05, 0.1) is 5.69 Å². The molecule has 2 rings (SSSR count). The molecule has 0 bridgehead atoms. The molecule has 2 heterocycles. The summed E-state index contributed by atoms with van der Waals surface area (Å²) in [5.41, 5.74) is 8.97. The lowest BCUT2D eigenvalue weighted by Gasteiger charge is -2.07. The van der Waals surface area contributed by atoms with Crippen LogP contribution in [0.5, 0.6) is 0 Å². The van der Waals surface area contributed by atoms with Crippen molar-refractivity contribution >= 4 is 11.7 Å². The number of hydrogen-bond acceptors (Lipinski definition) is 4. The Kier molecular flexibility index (Phi) is 4.02. The van der Waals surface area contributed by atoms with E-state index in [1.165, 1.54) is 0 Å². The van der Waals surface area contributed by atoms with Gasteiger partial charge in [-0.15, -0.1) is 0 Å². The van der Waals surface area contributed by atoms with Crippen molar-refractivity contribution in [1.29, 1.82) is 0 Å². The lowest BCUT2D eigenvalue weighted by Crippen LogP contribution is -2.23. The van der Waals surface area contributed by atoms with Gasteiger partial charge in [0.15, 0.2) is 0 Å². The van der Waals surface area contributed by atoms with Crippen LogP contribution in [0.3, 0.4) is 0 Å². The third kappa shape index (κ3) is 3.14. The molecular weight excluding hydrogens is 254 g/mol. The first-order chi connectivity index (χ1) is 9.49. The number of aryl methyl sites for hydroxylation is 3. The zero-order chi connectivity index (χ0) is 14.7. The molecule has 0 aliphatic rings. The van der Waals surface area contributed by atoms with Crippen molar-refractivity contribution < 1.29 is 4.79 Å². The van der Waals surface area contributed by atoms with Crippen LogP contribution in [0.1, 0.15) is 34.2 Å². The van der Waals surface area contributed by atoms with Crippen molar-refractivity contribution in [3.05, 3.63) is 40.8 Å². The van der Waals surface area contributed by atoms with Crippen LogP contribution < -0.4 is 11.1 Å². The maximum absolute atomic E-state index is 12.1. The van der Waals surface area contributed by atoms with E-state index in [-0.39, 0.29) is 5.91 Å². The molecule has 0 fully saturated rings. The highest BCUT2D eigenvalue weighted by atomic mass is 16.1. The molecule has 0 spiro atoms. The molecule has 6 heteroatoms. The van der Waals surface area contributed by atoms with Crippen LogP contribution in [-0.2, 0) is 20.0 Å². The van der Waals surface area contributed by atoms with E-state index in [9.17, 15) is 4.79 Å². The fraction of sp³-hybridized carbons (Fsp3) is 0.357. The highest BCUT2D eigenvalue weighted by molar-refractivity contribution is 5.94. The summed E-state index contributed by atoms with van der Waals surface area (Å²) in [5, 5.41) is 7.11. The van der Waals surface area contributed by atoms with Crippen LogP contribution in [0.4, 0.5) is 5.82 Å². The van der Waals surface area contributed by atoms with E-state index in [4.69, 9.17) is 5.73 Å². The molecule has 0 aromatic carbocycles. The summed E-state index contributed by atoms with van der Waals surface area (Å²) in [4.78, 5) is 16.3. The van der Waals surface area contributed by atoms with Crippen LogP contribution >= 0.6 is 0 Å². The standard InChI is InChI=1S/C14H19N5O/c1-4-12-5-10(6-13(15)17-12)14(20)16-7-11-8-19(3)18-9(11)2/h5-6,8H,4,7H2,1-3H3,(H2,15,17)(H,16,20). The first-order valence-electron chi connectivity index (χ1n) is 6.53. The van der Waals surface area contributed by atoms with Crippen LogP contribution in [-0.4, -0.2) is 20.7 Å². The number of nitrogens with zero attached hydrogens (tertiary/aromatic N) is 3. The number of nitrogens with one attached hydrogen (secondary N) is 1. The van der Waals surface area contributed by atoms with E-state index in [2.05, 4.69) is 15.4 Å². The van der Waals surface area contributed by atoms with Crippen molar-refractivity contribution in [3.8, 4) is 0 Å². The summed E-state index contributed by atoms with van der Waals surface area (Å²) in [6, 6.07) is 3.35. The number of anilines is 1. The molecule has 0 atom stereocenters. The van der Waals surface area contributed by atoms with Crippen molar-refractivity contribution in [2.24, 2.45) is 7.05 Å². The van der Waals surface area contributed by atoms with E-state index >= 15 is 0 Å². The van der Waals surface area contributed by atoms with Gasteiger partial charge in [0, 0.05) is 36.6 Å². The Hall–Kier alpha value is -2.37. The molecule has 0 aliphatic carbocycles. The van der Waals surface area contributed by atoms with E-state index in [0.717, 1.165) is 23.4 Å². The monoisotopic (exact) mass is 273 g/mol. The molecule has 2 aromatic rings. The van der Waals surface area contributed by atoms with Gasteiger partial charge in [-0.1, -0.05) is 6.92 Å². The van der Waals surface area contributed by atoms with Crippen LogP contribution in [0.15, 0.2) is 18.3 Å². The molecular formula is C14H19N5O. The summed E-state index contributed by atoms with van der Waals surface area (Å²) in [6.07, 6.45) is 2.64. The van der Waals surface area contributed by atoms with Gasteiger partial charge in [-0.3, -0.25) is 9.48 Å². The fourth-order valence-electron chi connectivity index (χ4n) is 2.02. The molecule has 1 amide bonds. The zero-order valence-corrected chi connectivity index (χ0v) is 12.0. The van der Waals surface area contributed by atoms with Crippen molar-refractivity contribution in [1.82, 2.24) is 20.1 Å². The smallest absolute Gasteiger partial charge is 0.251 e. The largest absolute Gasteiger partial charge is 0.384 e. The molecule has 0 aliphatic heterocycles. The minimum absolute atomic E-state index is 0.156.